The van der Waals surface area contributed by atoms with E-state index in [-0.39, 0.29) is 0 Å². The summed E-state index contributed by atoms with van der Waals surface area (Å²) in [6, 6.07) is 7.65. The van der Waals surface area contributed by atoms with Crippen molar-refractivity contribution < 1.29 is 14.6 Å². The Bertz CT molecular complexity index is 739. The van der Waals surface area contributed by atoms with Gasteiger partial charge >= 0.3 is 6.09 Å². The molecule has 0 fully saturated rings. The van der Waals surface area contributed by atoms with Gasteiger partial charge in [0.2, 0.25) is 0 Å². The number of alkyl carbamates (subject to hydrolysis) is 1. The van der Waals surface area contributed by atoms with E-state index in [4.69, 9.17) is 4.74 Å². The average Bonchev–Trinajstić information content (AvgIpc) is 2.96. The van der Waals surface area contributed by atoms with Crippen molar-refractivity contribution in [2.45, 2.75) is 84.0 Å². The fraction of sp³-hybridized carbons (Fsp3) is 0.591. The molecule has 0 aliphatic heterocycles. The molecule has 1 atom stereocenters. The highest BCUT2D eigenvalue weighted by atomic mass is 16.6. The molecule has 1 heterocycles. The van der Waals surface area contributed by atoms with Gasteiger partial charge in [0.25, 0.3) is 0 Å². The SMILES string of the molecule is CCCC(O)(CCC)[C@H](Cc1c[nH]c2ccccc12)NC(=O)OC(C)(C)C. The largest absolute Gasteiger partial charge is 0.444 e. The van der Waals surface area contributed by atoms with Crippen LogP contribution in [0.2, 0.25) is 0 Å². The van der Waals surface area contributed by atoms with E-state index < -0.39 is 23.3 Å². The van der Waals surface area contributed by atoms with Crippen LogP contribution in [-0.2, 0) is 11.2 Å². The third kappa shape index (κ3) is 5.73. The van der Waals surface area contributed by atoms with Gasteiger partial charge in [-0.25, -0.2) is 4.79 Å². The number of ether oxygens (including phenoxy) is 1. The van der Waals surface area contributed by atoms with Crippen molar-refractivity contribution in [2.24, 2.45) is 0 Å². The Hall–Kier alpha value is -2.01. The molecule has 0 radical (unpaired) electrons. The number of fused-ring (bicyclic) bond motifs is 1. The zero-order valence-electron chi connectivity index (χ0n) is 17.3. The zero-order valence-corrected chi connectivity index (χ0v) is 17.3. The topological polar surface area (TPSA) is 74.4 Å². The standard InChI is InChI=1S/C22H34N2O3/c1-6-12-22(26,13-7-2)19(24-20(25)27-21(3,4)5)14-16-15-23-18-11-9-8-10-17(16)18/h8-11,15,19,23,26H,6-7,12-14H2,1-5H3,(H,24,25)/t19-/m0/s1. The normalized spacial score (nSPS) is 13.6. The lowest BCUT2D eigenvalue weighted by atomic mass is 9.82. The molecule has 2 aromatic rings. The predicted octanol–water partition coefficient (Wildman–Crippen LogP) is 4.94. The number of para-hydroxylation sites is 1. The van der Waals surface area contributed by atoms with Crippen LogP contribution in [0.1, 0.15) is 65.9 Å². The van der Waals surface area contributed by atoms with Gasteiger partial charge in [-0.3, -0.25) is 0 Å². The van der Waals surface area contributed by atoms with Gasteiger partial charge in [0.15, 0.2) is 0 Å². The van der Waals surface area contributed by atoms with Crippen LogP contribution in [0, 0.1) is 0 Å². The molecule has 2 rings (SSSR count). The van der Waals surface area contributed by atoms with Crippen LogP contribution in [0.3, 0.4) is 0 Å². The fourth-order valence-corrected chi connectivity index (χ4v) is 3.68. The molecule has 27 heavy (non-hydrogen) atoms. The number of hydrogen-bond donors (Lipinski definition) is 3. The van der Waals surface area contributed by atoms with Crippen LogP contribution in [0.15, 0.2) is 30.5 Å². The van der Waals surface area contributed by atoms with E-state index in [1.165, 1.54) is 0 Å². The van der Waals surface area contributed by atoms with Crippen LogP contribution in [0.4, 0.5) is 4.79 Å². The van der Waals surface area contributed by atoms with Crippen molar-refractivity contribution in [2.75, 3.05) is 0 Å². The monoisotopic (exact) mass is 374 g/mol. The van der Waals surface area contributed by atoms with Gasteiger partial charge in [-0.2, -0.15) is 0 Å². The molecule has 0 saturated heterocycles. The summed E-state index contributed by atoms with van der Waals surface area (Å²) in [6.07, 6.45) is 4.96. The highest BCUT2D eigenvalue weighted by Crippen LogP contribution is 2.29. The molecule has 0 aliphatic carbocycles. The highest BCUT2D eigenvalue weighted by Gasteiger charge is 2.37. The summed E-state index contributed by atoms with van der Waals surface area (Å²) < 4.78 is 5.46. The summed E-state index contributed by atoms with van der Waals surface area (Å²) in [5.74, 6) is 0. The van der Waals surface area contributed by atoms with E-state index in [1.807, 2.05) is 45.2 Å². The third-order valence-corrected chi connectivity index (χ3v) is 4.80. The van der Waals surface area contributed by atoms with E-state index in [0.29, 0.717) is 19.3 Å². The Morgan fingerprint density at radius 1 is 1.19 bits per heavy atom. The van der Waals surface area contributed by atoms with Crippen molar-refractivity contribution in [1.29, 1.82) is 0 Å². The number of aromatic nitrogens is 1. The number of carbonyl (C=O) groups excluding carboxylic acids is 1. The number of benzene rings is 1. The lowest BCUT2D eigenvalue weighted by Crippen LogP contribution is -2.54. The van der Waals surface area contributed by atoms with Crippen LogP contribution in [0.5, 0.6) is 0 Å². The summed E-state index contributed by atoms with van der Waals surface area (Å²) in [7, 11) is 0. The summed E-state index contributed by atoms with van der Waals surface area (Å²) in [5, 5.41) is 15.5. The maximum absolute atomic E-state index is 12.5. The second-order valence-corrected chi connectivity index (χ2v) is 8.37. The Morgan fingerprint density at radius 2 is 1.81 bits per heavy atom. The molecule has 0 aliphatic rings. The fourth-order valence-electron chi connectivity index (χ4n) is 3.68. The third-order valence-electron chi connectivity index (χ3n) is 4.80. The molecular formula is C22H34N2O3. The zero-order chi connectivity index (χ0) is 20.1. The van der Waals surface area contributed by atoms with E-state index >= 15 is 0 Å². The summed E-state index contributed by atoms with van der Waals surface area (Å²) in [6.45, 7) is 9.62. The maximum Gasteiger partial charge on any atom is 0.407 e. The Kier molecular flexibility index (Phi) is 6.93. The van der Waals surface area contributed by atoms with E-state index in [0.717, 1.165) is 29.3 Å². The number of carbonyl (C=O) groups is 1. The van der Waals surface area contributed by atoms with Crippen molar-refractivity contribution in [3.8, 4) is 0 Å². The minimum atomic E-state index is -0.973. The Morgan fingerprint density at radius 3 is 2.41 bits per heavy atom. The van der Waals surface area contributed by atoms with Crippen molar-refractivity contribution >= 4 is 17.0 Å². The van der Waals surface area contributed by atoms with Gasteiger partial charge in [-0.05, 0) is 51.7 Å². The maximum atomic E-state index is 12.5. The van der Waals surface area contributed by atoms with Gasteiger partial charge in [-0.15, -0.1) is 0 Å². The molecule has 5 heteroatoms. The van der Waals surface area contributed by atoms with E-state index in [2.05, 4.69) is 30.2 Å². The number of nitrogens with one attached hydrogen (secondary N) is 2. The number of rotatable bonds is 8. The van der Waals surface area contributed by atoms with Crippen molar-refractivity contribution in [1.82, 2.24) is 10.3 Å². The second kappa shape index (κ2) is 8.79. The molecule has 150 valence electrons. The van der Waals surface area contributed by atoms with Gasteiger partial charge in [0.1, 0.15) is 5.60 Å². The molecule has 5 nitrogen and oxygen atoms in total. The highest BCUT2D eigenvalue weighted by molar-refractivity contribution is 5.83. The van der Waals surface area contributed by atoms with Gasteiger partial charge in [0, 0.05) is 17.1 Å². The number of aromatic amines is 1. The molecular weight excluding hydrogens is 340 g/mol. The first-order chi connectivity index (χ1) is 12.7. The minimum Gasteiger partial charge on any atom is -0.444 e. The first-order valence-corrected chi connectivity index (χ1v) is 9.95. The summed E-state index contributed by atoms with van der Waals surface area (Å²) >= 11 is 0. The number of aliphatic hydroxyl groups is 1. The summed E-state index contributed by atoms with van der Waals surface area (Å²) in [5.41, 5.74) is 0.581. The molecule has 0 saturated carbocycles. The number of H-pyrrole nitrogens is 1. The molecule has 1 aromatic carbocycles. The lowest BCUT2D eigenvalue weighted by molar-refractivity contribution is -0.0213. The first-order valence-electron chi connectivity index (χ1n) is 9.95. The second-order valence-electron chi connectivity index (χ2n) is 8.37. The van der Waals surface area contributed by atoms with Crippen molar-refractivity contribution in [3.63, 3.8) is 0 Å². The Balaban J connectivity index is 2.31. The van der Waals surface area contributed by atoms with Crippen LogP contribution >= 0.6 is 0 Å². The molecule has 1 amide bonds. The molecule has 1 aromatic heterocycles. The van der Waals surface area contributed by atoms with Gasteiger partial charge < -0.3 is 20.1 Å². The smallest absolute Gasteiger partial charge is 0.407 e. The van der Waals surface area contributed by atoms with Gasteiger partial charge in [-0.1, -0.05) is 44.9 Å². The molecule has 3 N–H and O–H groups in total. The number of hydrogen-bond acceptors (Lipinski definition) is 3. The summed E-state index contributed by atoms with van der Waals surface area (Å²) in [4.78, 5) is 15.7. The van der Waals surface area contributed by atoms with E-state index in [1.54, 1.807) is 0 Å². The van der Waals surface area contributed by atoms with Crippen LogP contribution in [0.25, 0.3) is 10.9 Å². The quantitative estimate of drug-likeness (QED) is 0.613. The lowest BCUT2D eigenvalue weighted by Gasteiger charge is -2.37. The average molecular weight is 375 g/mol. The van der Waals surface area contributed by atoms with E-state index in [9.17, 15) is 9.90 Å². The van der Waals surface area contributed by atoms with Crippen LogP contribution in [-0.4, -0.2) is 33.4 Å². The molecule has 0 spiro atoms. The molecule has 0 bridgehead atoms. The first kappa shape index (κ1) is 21.3. The predicted molar refractivity (Wildman–Crippen MR) is 110 cm³/mol. The number of amides is 1. The minimum absolute atomic E-state index is 0.425. The molecule has 0 unspecified atom stereocenters. The Labute approximate surface area is 162 Å². The van der Waals surface area contributed by atoms with Crippen LogP contribution < -0.4 is 5.32 Å². The van der Waals surface area contributed by atoms with Gasteiger partial charge in [0.05, 0.1) is 11.6 Å². The van der Waals surface area contributed by atoms with Crippen molar-refractivity contribution in [3.05, 3.63) is 36.0 Å².